The molecule has 7 nitrogen and oxygen atoms in total. The van der Waals surface area contributed by atoms with E-state index in [1.54, 1.807) is 12.1 Å². The van der Waals surface area contributed by atoms with E-state index in [9.17, 15) is 17.6 Å². The molecule has 1 aromatic heterocycles. The van der Waals surface area contributed by atoms with Crippen molar-refractivity contribution in [1.29, 1.82) is 0 Å². The second-order valence-corrected chi connectivity index (χ2v) is 6.41. The van der Waals surface area contributed by atoms with Gasteiger partial charge in [-0.25, -0.2) is 19.2 Å². The Morgan fingerprint density at radius 2 is 1.63 bits per heavy atom. The van der Waals surface area contributed by atoms with E-state index in [0.29, 0.717) is 10.5 Å². The third-order valence-electron chi connectivity index (χ3n) is 3.74. The third-order valence-corrected chi connectivity index (χ3v) is 4.41. The van der Waals surface area contributed by atoms with Crippen LogP contribution in [0.2, 0.25) is 0 Å². The fraction of sp³-hybridized carbons (Fsp3) is 0.111. The van der Waals surface area contributed by atoms with Gasteiger partial charge in [-0.15, -0.1) is 0 Å². The van der Waals surface area contributed by atoms with Crippen LogP contribution in [0.1, 0.15) is 5.82 Å². The average Bonchev–Trinajstić information content (AvgIpc) is 2.72. The fourth-order valence-electron chi connectivity index (χ4n) is 2.52. The highest BCUT2D eigenvalue weighted by Crippen LogP contribution is 2.40. The van der Waals surface area contributed by atoms with E-state index in [-0.39, 0.29) is 16.8 Å². The van der Waals surface area contributed by atoms with Gasteiger partial charge in [0.1, 0.15) is 11.6 Å². The summed E-state index contributed by atoms with van der Waals surface area (Å²) in [6.07, 6.45) is -4.88. The van der Waals surface area contributed by atoms with Gasteiger partial charge in [-0.1, -0.05) is 24.3 Å². The SMILES string of the molecule is COOSc1ccc(-c2nc(C(F)(F)F)nc(N=[N+]=[N-])c2-c2ccc(F)cc2)cc1. The summed E-state index contributed by atoms with van der Waals surface area (Å²) < 4.78 is 58.1. The van der Waals surface area contributed by atoms with Crippen LogP contribution in [0.15, 0.2) is 58.5 Å². The second kappa shape index (κ2) is 9.09. The summed E-state index contributed by atoms with van der Waals surface area (Å²) in [6.45, 7) is 0. The Labute approximate surface area is 171 Å². The molecule has 0 saturated carbocycles. The molecule has 0 fully saturated rings. The zero-order valence-electron chi connectivity index (χ0n) is 15.1. The van der Waals surface area contributed by atoms with Gasteiger partial charge in [-0.2, -0.15) is 17.5 Å². The van der Waals surface area contributed by atoms with Gasteiger partial charge in [-0.3, -0.25) is 0 Å². The highest BCUT2D eigenvalue weighted by atomic mass is 32.2. The van der Waals surface area contributed by atoms with Crippen molar-refractivity contribution in [3.63, 3.8) is 0 Å². The van der Waals surface area contributed by atoms with Gasteiger partial charge in [0.15, 0.2) is 0 Å². The molecule has 3 rings (SSSR count). The van der Waals surface area contributed by atoms with Crippen LogP contribution in [0.5, 0.6) is 0 Å². The minimum Gasteiger partial charge on any atom is -0.227 e. The highest BCUT2D eigenvalue weighted by Gasteiger charge is 2.36. The molecule has 1 heterocycles. The van der Waals surface area contributed by atoms with E-state index in [1.165, 1.54) is 31.4 Å². The van der Waals surface area contributed by atoms with E-state index < -0.39 is 23.6 Å². The van der Waals surface area contributed by atoms with Crippen molar-refractivity contribution in [3.05, 3.63) is 70.6 Å². The molecule has 0 bridgehead atoms. The van der Waals surface area contributed by atoms with Crippen molar-refractivity contribution in [2.75, 3.05) is 7.11 Å². The smallest absolute Gasteiger partial charge is 0.227 e. The number of azide groups is 1. The Bertz CT molecular complexity index is 1090. The summed E-state index contributed by atoms with van der Waals surface area (Å²) >= 11 is 0.902. The molecule has 0 aliphatic rings. The first-order valence-corrected chi connectivity index (χ1v) is 8.85. The lowest BCUT2D eigenvalue weighted by molar-refractivity contribution is -0.160. The van der Waals surface area contributed by atoms with Crippen molar-refractivity contribution in [2.24, 2.45) is 5.11 Å². The zero-order valence-corrected chi connectivity index (χ0v) is 15.9. The molecule has 12 heteroatoms. The summed E-state index contributed by atoms with van der Waals surface area (Å²) in [6, 6.07) is 11.1. The second-order valence-electron chi connectivity index (χ2n) is 5.63. The number of rotatable bonds is 6. The number of alkyl halides is 3. The standard InChI is InChI=1S/C18H11F4N5O2S/c1-28-29-30-13-8-4-11(5-9-13)15-14(10-2-6-12(19)7-3-10)16(26-27-23)25-17(24-15)18(20,21)22/h2-9H,1H3. The molecule has 0 saturated heterocycles. The van der Waals surface area contributed by atoms with Crippen molar-refractivity contribution in [1.82, 2.24) is 9.97 Å². The number of nitrogens with zero attached hydrogens (tertiary/aromatic N) is 5. The first-order chi connectivity index (χ1) is 14.3. The maximum atomic E-state index is 13.4. The molecule has 0 spiro atoms. The fourth-order valence-corrected chi connectivity index (χ4v) is 2.92. The molecule has 0 atom stereocenters. The van der Waals surface area contributed by atoms with Crippen LogP contribution in [0, 0.1) is 5.82 Å². The molecular weight excluding hydrogens is 426 g/mol. The molecule has 0 N–H and O–H groups in total. The van der Waals surface area contributed by atoms with Crippen LogP contribution < -0.4 is 0 Å². The maximum Gasteiger partial charge on any atom is 0.451 e. The quantitative estimate of drug-likeness (QED) is 0.0835. The van der Waals surface area contributed by atoms with E-state index in [4.69, 9.17) is 9.86 Å². The number of hydrogen-bond acceptors (Lipinski definition) is 6. The Morgan fingerprint density at radius 1 is 1.00 bits per heavy atom. The summed E-state index contributed by atoms with van der Waals surface area (Å²) in [5.41, 5.74) is 9.32. The Balaban J connectivity index is 2.25. The third kappa shape index (κ3) is 4.86. The van der Waals surface area contributed by atoms with E-state index in [2.05, 4.69) is 24.9 Å². The average molecular weight is 437 g/mol. The monoisotopic (exact) mass is 437 g/mol. The molecule has 0 amide bonds. The lowest BCUT2D eigenvalue weighted by atomic mass is 9.99. The van der Waals surface area contributed by atoms with Gasteiger partial charge in [0.25, 0.3) is 0 Å². The molecule has 3 aromatic rings. The highest BCUT2D eigenvalue weighted by molar-refractivity contribution is 7.94. The minimum atomic E-state index is -4.88. The topological polar surface area (TPSA) is 93.0 Å². The summed E-state index contributed by atoms with van der Waals surface area (Å²) in [5, 5.41) is 3.32. The zero-order chi connectivity index (χ0) is 21.7. The molecule has 154 valence electrons. The van der Waals surface area contributed by atoms with Crippen molar-refractivity contribution in [2.45, 2.75) is 11.1 Å². The van der Waals surface area contributed by atoms with Crippen LogP contribution in [-0.4, -0.2) is 17.1 Å². The molecule has 0 radical (unpaired) electrons. The summed E-state index contributed by atoms with van der Waals surface area (Å²) in [5.74, 6) is -2.53. The molecule has 30 heavy (non-hydrogen) atoms. The first-order valence-electron chi connectivity index (χ1n) is 8.11. The predicted octanol–water partition coefficient (Wildman–Crippen LogP) is 6.50. The minimum absolute atomic E-state index is 0.0364. The number of hydrogen-bond donors (Lipinski definition) is 0. The van der Waals surface area contributed by atoms with Gasteiger partial charge in [-0.05, 0) is 40.5 Å². The largest absolute Gasteiger partial charge is 0.451 e. The molecule has 2 aromatic carbocycles. The van der Waals surface area contributed by atoms with Crippen LogP contribution in [0.4, 0.5) is 23.4 Å². The van der Waals surface area contributed by atoms with Crippen LogP contribution in [-0.2, 0) is 15.4 Å². The van der Waals surface area contributed by atoms with E-state index >= 15 is 0 Å². The Kier molecular flexibility index (Phi) is 6.53. The van der Waals surface area contributed by atoms with Crippen molar-refractivity contribution in [3.8, 4) is 22.4 Å². The van der Waals surface area contributed by atoms with Gasteiger partial charge >= 0.3 is 6.18 Å². The van der Waals surface area contributed by atoms with Gasteiger partial charge < -0.3 is 0 Å². The van der Waals surface area contributed by atoms with Crippen LogP contribution >= 0.6 is 12.0 Å². The first kappa shape index (κ1) is 21.5. The molecular formula is C18H11F4N5O2S. The lowest BCUT2D eigenvalue weighted by Gasteiger charge is -2.15. The maximum absolute atomic E-state index is 13.4. The van der Waals surface area contributed by atoms with Crippen molar-refractivity contribution >= 4 is 17.9 Å². The lowest BCUT2D eigenvalue weighted by Crippen LogP contribution is -2.12. The number of halogens is 4. The normalized spacial score (nSPS) is 11.2. The predicted molar refractivity (Wildman–Crippen MR) is 101 cm³/mol. The van der Waals surface area contributed by atoms with Gasteiger partial charge in [0.2, 0.25) is 5.82 Å². The molecule has 0 unspecified atom stereocenters. The molecule has 0 aliphatic carbocycles. The van der Waals surface area contributed by atoms with E-state index in [0.717, 1.165) is 24.2 Å². The molecule has 0 aliphatic heterocycles. The van der Waals surface area contributed by atoms with Crippen molar-refractivity contribution < 1.29 is 26.8 Å². The van der Waals surface area contributed by atoms with Gasteiger partial charge in [0.05, 0.1) is 24.8 Å². The summed E-state index contributed by atoms with van der Waals surface area (Å²) in [7, 11) is 1.33. The Hall–Kier alpha value is -3.18. The Morgan fingerprint density at radius 3 is 2.20 bits per heavy atom. The number of benzene rings is 2. The van der Waals surface area contributed by atoms with Gasteiger partial charge in [0, 0.05) is 20.9 Å². The van der Waals surface area contributed by atoms with Crippen LogP contribution in [0.25, 0.3) is 32.8 Å². The number of aromatic nitrogens is 2. The summed E-state index contributed by atoms with van der Waals surface area (Å²) in [4.78, 5) is 14.7. The van der Waals surface area contributed by atoms with E-state index in [1.807, 2.05) is 0 Å². The van der Waals surface area contributed by atoms with Crippen LogP contribution in [0.3, 0.4) is 0 Å².